The van der Waals surface area contributed by atoms with Crippen LogP contribution in [0.5, 0.6) is 0 Å². The summed E-state index contributed by atoms with van der Waals surface area (Å²) in [6.07, 6.45) is -7.22. The van der Waals surface area contributed by atoms with Crippen LogP contribution in [0.4, 0.5) is 93.5 Å². The number of rotatable bonds is 9. The molecule has 0 saturated heterocycles. The van der Waals surface area contributed by atoms with Crippen molar-refractivity contribution in [3.63, 3.8) is 0 Å². The Kier molecular flexibility index (Phi) is 13.7. The Morgan fingerprint density at radius 1 is 0.302 bits per heavy atom. The van der Waals surface area contributed by atoms with E-state index in [4.69, 9.17) is 0 Å². The van der Waals surface area contributed by atoms with Crippen LogP contribution in [0, 0.1) is 116 Å². The first-order chi connectivity index (χ1) is 29.5. The maximum atomic E-state index is 15.4. The number of hydrogen-bond acceptors (Lipinski definition) is 0. The summed E-state index contributed by atoms with van der Waals surface area (Å²) in [6, 6.07) is 21.6. The summed E-state index contributed by atoms with van der Waals surface area (Å²) in [7, 11) is 0. The fourth-order valence-electron chi connectivity index (χ4n) is 7.45. The molecule has 0 saturated carbocycles. The number of hydrogen-bond donors (Lipinski definition) is 0. The zero-order chi connectivity index (χ0) is 47.2. The van der Waals surface area contributed by atoms with Gasteiger partial charge in [0.1, 0.15) is 64.9 Å². The normalized spacial score (nSPS) is 11.8. The second kappa shape index (κ2) is 18.0. The van der Waals surface area contributed by atoms with Gasteiger partial charge in [-0.15, -0.1) is 21.9 Å². The van der Waals surface area contributed by atoms with Crippen LogP contribution in [0.2, 0.25) is 0 Å². The smallest absolute Gasteiger partial charge is 0.200 e. The fourth-order valence-corrected chi connectivity index (χ4v) is 7.45. The van der Waals surface area contributed by atoms with E-state index in [9.17, 15) is 52.7 Å². The van der Waals surface area contributed by atoms with Crippen molar-refractivity contribution in [1.29, 1.82) is 0 Å². The van der Waals surface area contributed by atoms with E-state index in [-0.39, 0.29) is 0 Å². The van der Waals surface area contributed by atoms with Gasteiger partial charge in [-0.1, -0.05) is 48.5 Å². The van der Waals surface area contributed by atoms with E-state index in [0.717, 1.165) is 24.1 Å². The average molecular weight is 919 g/mol. The number of quaternary nitrogens is 1. The second-order valence-corrected chi connectivity index (χ2v) is 13.6. The molecule has 0 aliphatic carbocycles. The topological polar surface area (TPSA) is 0 Å². The third-order valence-corrected chi connectivity index (χ3v) is 10.5. The maximum absolute atomic E-state index is 15.4. The predicted molar refractivity (Wildman–Crippen MR) is 189 cm³/mol. The number of para-hydroxylation sites is 1. The molecule has 6 aromatic rings. The molecule has 0 amide bonds. The Bertz CT molecular complexity index is 2340. The lowest BCUT2D eigenvalue weighted by Gasteiger charge is -2.44. The van der Waals surface area contributed by atoms with Gasteiger partial charge in [-0.25, -0.2) is 87.8 Å². The second-order valence-electron chi connectivity index (χ2n) is 13.6. The van der Waals surface area contributed by atoms with Crippen molar-refractivity contribution >= 4 is 33.7 Å². The lowest BCUT2D eigenvalue weighted by Crippen LogP contribution is -2.81. The molecule has 0 radical (unpaired) electrons. The van der Waals surface area contributed by atoms with Gasteiger partial charge in [0.05, 0.1) is 13.1 Å². The quantitative estimate of drug-likeness (QED) is 0.0446. The van der Waals surface area contributed by atoms with Crippen molar-refractivity contribution < 1.29 is 87.8 Å². The van der Waals surface area contributed by atoms with Crippen molar-refractivity contribution in [1.82, 2.24) is 4.48 Å². The van der Waals surface area contributed by atoms with Gasteiger partial charge in [-0.05, 0) is 26.0 Å². The van der Waals surface area contributed by atoms with Crippen LogP contribution < -0.4 is 26.3 Å². The van der Waals surface area contributed by atoms with Crippen LogP contribution in [0.1, 0.15) is 19.4 Å². The van der Waals surface area contributed by atoms with Gasteiger partial charge in [0.15, 0.2) is 69.8 Å². The van der Waals surface area contributed by atoms with E-state index in [0.29, 0.717) is 0 Å². The molecule has 0 unspecified atom stereocenters. The highest BCUT2D eigenvalue weighted by molar-refractivity contribution is 7.20. The Morgan fingerprint density at radius 2 is 0.508 bits per heavy atom. The van der Waals surface area contributed by atoms with Gasteiger partial charge in [0.2, 0.25) is 0 Å². The molecule has 0 heterocycles. The van der Waals surface area contributed by atoms with Gasteiger partial charge in [0.25, 0.3) is 0 Å². The van der Waals surface area contributed by atoms with Gasteiger partial charge in [0, 0.05) is 5.56 Å². The molecule has 63 heavy (non-hydrogen) atoms. The molecule has 1 nitrogen and oxygen atoms in total. The summed E-state index contributed by atoms with van der Waals surface area (Å²) in [5.74, 6) is -71.4. The van der Waals surface area contributed by atoms with Crippen molar-refractivity contribution in [3.05, 3.63) is 183 Å². The molecule has 0 atom stereocenters. The molecule has 334 valence electrons. The minimum atomic E-state index is -7.22. The van der Waals surface area contributed by atoms with Gasteiger partial charge < -0.3 is 0 Å². The van der Waals surface area contributed by atoms with E-state index in [2.05, 4.69) is 74.5 Å². The van der Waals surface area contributed by atoms with E-state index in [1.165, 1.54) is 11.3 Å². The van der Waals surface area contributed by atoms with Crippen molar-refractivity contribution in [2.45, 2.75) is 20.4 Å². The molecule has 6 aromatic carbocycles. The van der Waals surface area contributed by atoms with Gasteiger partial charge in [-0.3, -0.25) is 4.48 Å². The molecule has 6 rings (SSSR count). The summed E-state index contributed by atoms with van der Waals surface area (Å²) in [6.45, 7) is 7.86. The summed E-state index contributed by atoms with van der Waals surface area (Å²) in [5, 5.41) is 0. The molecular formula is C41H22BF20N. The fraction of sp³-hybridized carbons (Fsp3) is 0.122. The molecule has 0 fully saturated rings. The first kappa shape index (κ1) is 48.0. The van der Waals surface area contributed by atoms with Crippen molar-refractivity contribution in [2.24, 2.45) is 0 Å². The Morgan fingerprint density at radius 3 is 0.730 bits per heavy atom. The molecule has 0 N–H and O–H groups in total. The lowest BCUT2D eigenvalue weighted by atomic mass is 9.12. The summed E-state index contributed by atoms with van der Waals surface area (Å²) in [5.41, 5.74) is -11.5. The number of halogens is 20. The third-order valence-electron chi connectivity index (χ3n) is 10.5. The monoisotopic (exact) mass is 919 g/mol. The lowest BCUT2D eigenvalue weighted by molar-refractivity contribution is 0.292. The maximum Gasteiger partial charge on any atom is 0.200 e. The highest BCUT2D eigenvalue weighted by Crippen LogP contribution is 2.31. The van der Waals surface area contributed by atoms with Crippen LogP contribution in [0.15, 0.2) is 60.7 Å². The highest BCUT2D eigenvalue weighted by Gasteiger charge is 2.52. The predicted octanol–water partition coefficient (Wildman–Crippen LogP) is 10.1. The minimum Gasteiger partial charge on any atom is -0.288 e. The number of nitrogens with zero attached hydrogens (tertiary/aromatic N) is 1. The molecule has 0 spiro atoms. The molecular weight excluding hydrogens is 897 g/mol. The third kappa shape index (κ3) is 7.54. The van der Waals surface area contributed by atoms with Gasteiger partial charge in [-0.2, -0.15) is 0 Å². The van der Waals surface area contributed by atoms with Crippen LogP contribution >= 0.6 is 0 Å². The van der Waals surface area contributed by atoms with Gasteiger partial charge >= 0.3 is 0 Å². The average Bonchev–Trinajstić information content (AvgIpc) is 3.29. The summed E-state index contributed by atoms with van der Waals surface area (Å²) < 4.78 is 295. The Balaban J connectivity index is 0.000000345. The van der Waals surface area contributed by atoms with E-state index in [1.807, 2.05) is 0 Å². The Labute approximate surface area is 341 Å². The largest absolute Gasteiger partial charge is 0.288 e. The zero-order valence-corrected chi connectivity index (χ0v) is 31.5. The first-order valence-electron chi connectivity index (χ1n) is 17.7. The molecule has 0 aromatic heterocycles. The molecule has 0 aliphatic rings. The van der Waals surface area contributed by atoms with E-state index < -0.39 is 144 Å². The van der Waals surface area contributed by atoms with E-state index in [1.54, 1.807) is 0 Å². The minimum absolute atomic E-state index is 1.02. The van der Waals surface area contributed by atoms with Crippen LogP contribution in [0.3, 0.4) is 0 Å². The number of benzene rings is 6. The Hall–Kier alpha value is -6.06. The van der Waals surface area contributed by atoms with Crippen molar-refractivity contribution in [3.8, 4) is 0 Å². The standard InChI is InChI=1S/C24BF20.C17H22N/c26-5-1(6(27)14(35)21(42)13(5)34)25(2-7(28)15(36)22(43)16(37)8(2)29,3-9(30)17(38)23(44)18(39)10(3)31)4-11(32)19(40)24(45)20(41)12(4)33;1-3-18(4-2,17-13-9-6-10-14-17)15-16-11-7-5-8-12-16/h;5-14H,3-4,15H2,1-2H3/q-1;+1. The zero-order valence-electron chi connectivity index (χ0n) is 31.5. The first-order valence-corrected chi connectivity index (χ1v) is 17.7. The van der Waals surface area contributed by atoms with Crippen LogP contribution in [-0.4, -0.2) is 19.2 Å². The van der Waals surface area contributed by atoms with Crippen LogP contribution in [0.25, 0.3) is 0 Å². The molecule has 0 aliphatic heterocycles. The van der Waals surface area contributed by atoms with Crippen LogP contribution in [-0.2, 0) is 6.54 Å². The molecule has 0 bridgehead atoms. The summed E-state index contributed by atoms with van der Waals surface area (Å²) in [4.78, 5) is 0. The summed E-state index contributed by atoms with van der Waals surface area (Å²) >= 11 is 0. The molecule has 22 heteroatoms. The SMILES string of the molecule is CC[N+](CC)(Cc1ccccc1)c1ccccc1.Fc1c(F)c(F)c([B-](c2c(F)c(F)c(F)c(F)c2F)(c2c(F)c(F)c(F)c(F)c2F)c2c(F)c(F)c(F)c(F)c2F)c(F)c1F. The highest BCUT2D eigenvalue weighted by atomic mass is 19.2. The van der Waals surface area contributed by atoms with Crippen molar-refractivity contribution in [2.75, 3.05) is 13.1 Å². The van der Waals surface area contributed by atoms with E-state index >= 15 is 35.1 Å².